The van der Waals surface area contributed by atoms with Crippen LogP contribution in [0.1, 0.15) is 12.8 Å². The summed E-state index contributed by atoms with van der Waals surface area (Å²) in [6.07, 6.45) is 2.42. The Morgan fingerprint density at radius 1 is 1.29 bits per heavy atom. The van der Waals surface area contributed by atoms with E-state index in [1.807, 2.05) is 24.3 Å². The second-order valence-electron chi connectivity index (χ2n) is 3.95. The largest absolute Gasteiger partial charge is 0.493 e. The molecule has 0 bridgehead atoms. The summed E-state index contributed by atoms with van der Waals surface area (Å²) in [6, 6.07) is 7.90. The van der Waals surface area contributed by atoms with Gasteiger partial charge in [0.25, 0.3) is 0 Å². The highest BCUT2D eigenvalue weighted by atomic mass is 79.9. The second-order valence-corrected chi connectivity index (χ2v) is 4.86. The second kappa shape index (κ2) is 3.91. The van der Waals surface area contributed by atoms with Crippen LogP contribution < -0.4 is 10.5 Å². The Kier molecular flexibility index (Phi) is 2.79. The lowest BCUT2D eigenvalue weighted by atomic mass is 10.1. The zero-order valence-corrected chi connectivity index (χ0v) is 9.59. The average molecular weight is 256 g/mol. The quantitative estimate of drug-likeness (QED) is 0.898. The Bertz CT molecular complexity index is 306. The number of rotatable bonds is 4. The standard InChI is InChI=1S/C11H14BrNO/c12-9-1-3-10(4-2-9)14-8-11(7-13)5-6-11/h1-4H,5-8,13H2. The predicted octanol–water partition coefficient (Wildman–Crippen LogP) is 2.57. The first kappa shape index (κ1) is 9.99. The van der Waals surface area contributed by atoms with Crippen LogP contribution in [0.15, 0.2) is 28.7 Å². The van der Waals surface area contributed by atoms with Gasteiger partial charge in [-0.2, -0.15) is 0 Å². The maximum absolute atomic E-state index is 5.68. The molecular weight excluding hydrogens is 242 g/mol. The molecular formula is C11H14BrNO. The smallest absolute Gasteiger partial charge is 0.119 e. The van der Waals surface area contributed by atoms with Gasteiger partial charge in [-0.1, -0.05) is 15.9 Å². The van der Waals surface area contributed by atoms with Crippen molar-refractivity contribution >= 4 is 15.9 Å². The summed E-state index contributed by atoms with van der Waals surface area (Å²) < 4.78 is 6.75. The molecule has 1 aromatic carbocycles. The van der Waals surface area contributed by atoms with Crippen LogP contribution in [0.3, 0.4) is 0 Å². The Morgan fingerprint density at radius 3 is 2.43 bits per heavy atom. The highest BCUT2D eigenvalue weighted by molar-refractivity contribution is 9.10. The Balaban J connectivity index is 1.89. The van der Waals surface area contributed by atoms with Gasteiger partial charge in [-0.15, -0.1) is 0 Å². The fourth-order valence-corrected chi connectivity index (χ4v) is 1.62. The van der Waals surface area contributed by atoms with Gasteiger partial charge in [0.15, 0.2) is 0 Å². The molecule has 3 heteroatoms. The molecule has 0 aromatic heterocycles. The number of ether oxygens (including phenoxy) is 1. The van der Waals surface area contributed by atoms with E-state index in [-0.39, 0.29) is 5.41 Å². The van der Waals surface area contributed by atoms with E-state index in [1.54, 1.807) is 0 Å². The molecule has 1 saturated carbocycles. The van der Waals surface area contributed by atoms with Gasteiger partial charge in [0, 0.05) is 16.4 Å². The molecule has 1 aliphatic rings. The lowest BCUT2D eigenvalue weighted by Gasteiger charge is -2.13. The number of hydrogen-bond acceptors (Lipinski definition) is 2. The van der Waals surface area contributed by atoms with Gasteiger partial charge in [-0.3, -0.25) is 0 Å². The lowest BCUT2D eigenvalue weighted by Crippen LogP contribution is -2.22. The predicted molar refractivity (Wildman–Crippen MR) is 60.4 cm³/mol. The van der Waals surface area contributed by atoms with E-state index in [4.69, 9.17) is 10.5 Å². The summed E-state index contributed by atoms with van der Waals surface area (Å²) in [5.41, 5.74) is 5.95. The lowest BCUT2D eigenvalue weighted by molar-refractivity contribution is 0.239. The van der Waals surface area contributed by atoms with Crippen molar-refractivity contribution in [2.75, 3.05) is 13.2 Å². The van der Waals surface area contributed by atoms with Gasteiger partial charge in [0.2, 0.25) is 0 Å². The molecule has 0 spiro atoms. The third-order valence-electron chi connectivity index (χ3n) is 2.75. The van der Waals surface area contributed by atoms with E-state index < -0.39 is 0 Å². The van der Waals surface area contributed by atoms with Crippen molar-refractivity contribution in [3.63, 3.8) is 0 Å². The van der Waals surface area contributed by atoms with Crippen LogP contribution in [0.25, 0.3) is 0 Å². The summed E-state index contributed by atoms with van der Waals surface area (Å²) in [7, 11) is 0. The van der Waals surface area contributed by atoms with Crippen molar-refractivity contribution in [3.05, 3.63) is 28.7 Å². The van der Waals surface area contributed by atoms with Crippen LogP contribution >= 0.6 is 15.9 Å². The van der Waals surface area contributed by atoms with Crippen LogP contribution in [0, 0.1) is 5.41 Å². The first-order valence-electron chi connectivity index (χ1n) is 4.83. The first-order chi connectivity index (χ1) is 6.74. The van der Waals surface area contributed by atoms with Gasteiger partial charge >= 0.3 is 0 Å². The Labute approximate surface area is 92.6 Å². The fraction of sp³-hybridized carbons (Fsp3) is 0.455. The molecule has 0 atom stereocenters. The minimum absolute atomic E-state index is 0.285. The van der Waals surface area contributed by atoms with Crippen molar-refractivity contribution in [1.82, 2.24) is 0 Å². The molecule has 2 rings (SSSR count). The van der Waals surface area contributed by atoms with E-state index >= 15 is 0 Å². The molecule has 0 unspecified atom stereocenters. The van der Waals surface area contributed by atoms with Gasteiger partial charge < -0.3 is 10.5 Å². The molecule has 1 fully saturated rings. The summed E-state index contributed by atoms with van der Waals surface area (Å²) >= 11 is 3.39. The van der Waals surface area contributed by atoms with E-state index in [2.05, 4.69) is 15.9 Å². The molecule has 0 heterocycles. The van der Waals surface area contributed by atoms with Gasteiger partial charge in [-0.25, -0.2) is 0 Å². The normalized spacial score (nSPS) is 17.9. The van der Waals surface area contributed by atoms with Crippen LogP contribution in [0.4, 0.5) is 0 Å². The minimum atomic E-state index is 0.285. The fourth-order valence-electron chi connectivity index (χ4n) is 1.35. The number of halogens is 1. The summed E-state index contributed by atoms with van der Waals surface area (Å²) in [4.78, 5) is 0. The zero-order valence-electron chi connectivity index (χ0n) is 8.00. The molecule has 0 amide bonds. The van der Waals surface area contributed by atoms with Crippen molar-refractivity contribution in [1.29, 1.82) is 0 Å². The summed E-state index contributed by atoms with van der Waals surface area (Å²) in [5, 5.41) is 0. The molecule has 2 N–H and O–H groups in total. The van der Waals surface area contributed by atoms with Crippen LogP contribution in [-0.2, 0) is 0 Å². The topological polar surface area (TPSA) is 35.2 Å². The zero-order chi connectivity index (χ0) is 10.0. The van der Waals surface area contributed by atoms with Crippen molar-refractivity contribution < 1.29 is 4.74 Å². The van der Waals surface area contributed by atoms with Gasteiger partial charge in [0.1, 0.15) is 5.75 Å². The van der Waals surface area contributed by atoms with Crippen LogP contribution in [0.5, 0.6) is 5.75 Å². The van der Waals surface area contributed by atoms with E-state index in [0.29, 0.717) is 0 Å². The molecule has 0 aliphatic heterocycles. The van der Waals surface area contributed by atoms with Gasteiger partial charge in [0.05, 0.1) is 6.61 Å². The van der Waals surface area contributed by atoms with E-state index in [9.17, 15) is 0 Å². The minimum Gasteiger partial charge on any atom is -0.493 e. The molecule has 76 valence electrons. The Morgan fingerprint density at radius 2 is 1.93 bits per heavy atom. The maximum Gasteiger partial charge on any atom is 0.119 e. The highest BCUT2D eigenvalue weighted by Crippen LogP contribution is 2.44. The highest BCUT2D eigenvalue weighted by Gasteiger charge is 2.42. The Hall–Kier alpha value is -0.540. The molecule has 2 nitrogen and oxygen atoms in total. The van der Waals surface area contributed by atoms with Crippen molar-refractivity contribution in [2.45, 2.75) is 12.8 Å². The van der Waals surface area contributed by atoms with Crippen molar-refractivity contribution in [3.8, 4) is 5.75 Å². The maximum atomic E-state index is 5.68. The van der Waals surface area contributed by atoms with E-state index in [1.165, 1.54) is 12.8 Å². The molecule has 1 aliphatic carbocycles. The summed E-state index contributed by atoms with van der Waals surface area (Å²) in [5.74, 6) is 0.924. The summed E-state index contributed by atoms with van der Waals surface area (Å²) in [6.45, 7) is 1.49. The third-order valence-corrected chi connectivity index (χ3v) is 3.28. The monoisotopic (exact) mass is 255 g/mol. The third kappa shape index (κ3) is 2.28. The average Bonchev–Trinajstić information content (AvgIpc) is 2.98. The number of benzene rings is 1. The molecule has 1 aromatic rings. The number of hydrogen-bond donors (Lipinski definition) is 1. The van der Waals surface area contributed by atoms with Gasteiger partial charge in [-0.05, 0) is 37.1 Å². The molecule has 0 radical (unpaired) electrons. The molecule has 14 heavy (non-hydrogen) atoms. The van der Waals surface area contributed by atoms with E-state index in [0.717, 1.165) is 23.4 Å². The number of nitrogens with two attached hydrogens (primary N) is 1. The molecule has 0 saturated heterocycles. The van der Waals surface area contributed by atoms with Crippen molar-refractivity contribution in [2.24, 2.45) is 11.1 Å². The SMILES string of the molecule is NCC1(COc2ccc(Br)cc2)CC1. The first-order valence-corrected chi connectivity index (χ1v) is 5.62. The van der Waals surface area contributed by atoms with Crippen LogP contribution in [0.2, 0.25) is 0 Å². The van der Waals surface area contributed by atoms with Crippen LogP contribution in [-0.4, -0.2) is 13.2 Å².